The van der Waals surface area contributed by atoms with Gasteiger partial charge in [-0.05, 0) is 56.0 Å². The van der Waals surface area contributed by atoms with Gasteiger partial charge in [0.25, 0.3) is 0 Å². The second-order valence-electron chi connectivity index (χ2n) is 6.73. The van der Waals surface area contributed by atoms with E-state index in [1.54, 1.807) is 0 Å². The molecule has 1 rings (SSSR count). The molecule has 1 atom stereocenters. The van der Waals surface area contributed by atoms with E-state index < -0.39 is 0 Å². The van der Waals surface area contributed by atoms with E-state index >= 15 is 0 Å². The fraction of sp³-hybridized carbons (Fsp3) is 0.545. The monoisotopic (exact) mass is 358 g/mol. The van der Waals surface area contributed by atoms with E-state index in [1.165, 1.54) is 37.7 Å². The van der Waals surface area contributed by atoms with E-state index in [0.29, 0.717) is 19.4 Å². The van der Waals surface area contributed by atoms with Gasteiger partial charge in [0.05, 0.1) is 6.04 Å². The molecule has 144 valence electrons. The first-order chi connectivity index (χ1) is 12.7. The van der Waals surface area contributed by atoms with Gasteiger partial charge in [0, 0.05) is 13.0 Å². The quantitative estimate of drug-likeness (QED) is 0.350. The highest BCUT2D eigenvalue weighted by Crippen LogP contribution is 2.16. The Balaban J connectivity index is 2.49. The maximum atomic E-state index is 11.1. The number of hydrogen-bond acceptors (Lipinski definition) is 4. The third kappa shape index (κ3) is 9.07. The van der Waals surface area contributed by atoms with E-state index in [2.05, 4.69) is 35.4 Å². The van der Waals surface area contributed by atoms with Gasteiger partial charge in [-0.15, -0.1) is 0 Å². The van der Waals surface area contributed by atoms with Crippen LogP contribution in [0.25, 0.3) is 6.08 Å². The van der Waals surface area contributed by atoms with Crippen molar-refractivity contribution in [1.82, 2.24) is 10.6 Å². The van der Waals surface area contributed by atoms with Crippen molar-refractivity contribution < 1.29 is 9.59 Å². The summed E-state index contributed by atoms with van der Waals surface area (Å²) in [6, 6.07) is 6.21. The van der Waals surface area contributed by atoms with Crippen molar-refractivity contribution >= 4 is 18.6 Å². The third-order valence-corrected chi connectivity index (χ3v) is 4.63. The third-order valence-electron chi connectivity index (χ3n) is 4.63. The minimum absolute atomic E-state index is 0.279. The molecule has 0 aliphatic rings. The van der Waals surface area contributed by atoms with Crippen LogP contribution in [0.3, 0.4) is 0 Å². The summed E-state index contributed by atoms with van der Waals surface area (Å²) in [6.07, 6.45) is 11.9. The molecule has 1 aromatic carbocycles. The molecule has 0 amide bonds. The highest BCUT2D eigenvalue weighted by atomic mass is 16.1. The molecule has 1 aromatic rings. The number of nitrogens with one attached hydrogen (secondary N) is 2. The van der Waals surface area contributed by atoms with Crippen molar-refractivity contribution in [2.45, 2.75) is 64.0 Å². The largest absolute Gasteiger partial charge is 0.320 e. The van der Waals surface area contributed by atoms with Crippen LogP contribution in [0.5, 0.6) is 0 Å². The lowest BCUT2D eigenvalue weighted by atomic mass is 9.99. The Morgan fingerprint density at radius 1 is 1.12 bits per heavy atom. The van der Waals surface area contributed by atoms with Crippen molar-refractivity contribution in [3.05, 3.63) is 41.5 Å². The van der Waals surface area contributed by atoms with Crippen LogP contribution >= 0.6 is 0 Å². The first kappa shape index (κ1) is 22.3. The van der Waals surface area contributed by atoms with Gasteiger partial charge < -0.3 is 20.2 Å². The van der Waals surface area contributed by atoms with Crippen LogP contribution in [0.2, 0.25) is 0 Å². The lowest BCUT2D eigenvalue weighted by Crippen LogP contribution is -2.30. The molecule has 2 N–H and O–H groups in total. The van der Waals surface area contributed by atoms with Crippen LogP contribution in [0.1, 0.15) is 61.6 Å². The van der Waals surface area contributed by atoms with Crippen LogP contribution in [0, 0.1) is 0 Å². The van der Waals surface area contributed by atoms with Crippen molar-refractivity contribution in [3.8, 4) is 0 Å². The summed E-state index contributed by atoms with van der Waals surface area (Å²) >= 11 is 0. The second-order valence-corrected chi connectivity index (χ2v) is 6.73. The predicted molar refractivity (Wildman–Crippen MR) is 109 cm³/mol. The molecule has 0 radical (unpaired) electrons. The van der Waals surface area contributed by atoms with Gasteiger partial charge in [-0.2, -0.15) is 0 Å². The molecule has 0 aliphatic carbocycles. The molecule has 0 saturated heterocycles. The molecule has 0 aliphatic heterocycles. The Kier molecular flexibility index (Phi) is 12.3. The number of unbranched alkanes of at least 4 members (excludes halogenated alkanes) is 4. The molecule has 0 heterocycles. The van der Waals surface area contributed by atoms with Gasteiger partial charge in [0.1, 0.15) is 12.6 Å². The predicted octanol–water partition coefficient (Wildman–Crippen LogP) is 3.68. The zero-order valence-electron chi connectivity index (χ0n) is 16.1. The van der Waals surface area contributed by atoms with E-state index in [1.807, 2.05) is 13.1 Å². The molecule has 26 heavy (non-hydrogen) atoms. The van der Waals surface area contributed by atoms with Gasteiger partial charge in [0.2, 0.25) is 0 Å². The van der Waals surface area contributed by atoms with Crippen LogP contribution < -0.4 is 10.6 Å². The Morgan fingerprint density at radius 3 is 2.58 bits per heavy atom. The summed E-state index contributed by atoms with van der Waals surface area (Å²) in [6.45, 7) is 5.60. The zero-order valence-corrected chi connectivity index (χ0v) is 16.1. The molecule has 4 heteroatoms. The highest BCUT2D eigenvalue weighted by molar-refractivity contribution is 5.59. The minimum Gasteiger partial charge on any atom is -0.320 e. The average molecular weight is 359 g/mol. The highest BCUT2D eigenvalue weighted by Gasteiger charge is 2.08. The van der Waals surface area contributed by atoms with Crippen LogP contribution in [0.15, 0.2) is 24.8 Å². The molecule has 0 aromatic heterocycles. The summed E-state index contributed by atoms with van der Waals surface area (Å²) in [5.74, 6) is 0. The lowest BCUT2D eigenvalue weighted by Gasteiger charge is -2.14. The second kappa shape index (κ2) is 14.4. The molecule has 4 nitrogen and oxygen atoms in total. The fourth-order valence-corrected chi connectivity index (χ4v) is 3.03. The fourth-order valence-electron chi connectivity index (χ4n) is 3.03. The molecular weight excluding hydrogens is 324 g/mol. The van der Waals surface area contributed by atoms with Crippen LogP contribution in [-0.2, 0) is 22.6 Å². The van der Waals surface area contributed by atoms with E-state index in [4.69, 9.17) is 0 Å². The first-order valence-electron chi connectivity index (χ1n) is 9.76. The number of benzene rings is 1. The normalized spacial score (nSPS) is 11.9. The molecule has 1 unspecified atom stereocenters. The molecule has 0 fully saturated rings. The lowest BCUT2D eigenvalue weighted by molar-refractivity contribution is -0.110. The van der Waals surface area contributed by atoms with Crippen molar-refractivity contribution in [1.29, 1.82) is 0 Å². The first-order valence-corrected chi connectivity index (χ1v) is 9.76. The van der Waals surface area contributed by atoms with E-state index in [9.17, 15) is 9.59 Å². The number of rotatable bonds is 16. The van der Waals surface area contributed by atoms with Gasteiger partial charge in [0.15, 0.2) is 0 Å². The Hall–Kier alpha value is -1.78. The summed E-state index contributed by atoms with van der Waals surface area (Å²) in [7, 11) is 2.00. The van der Waals surface area contributed by atoms with Gasteiger partial charge in [-0.1, -0.05) is 50.1 Å². The van der Waals surface area contributed by atoms with Crippen LogP contribution in [0.4, 0.5) is 0 Å². The van der Waals surface area contributed by atoms with Crippen molar-refractivity contribution in [2.75, 3.05) is 13.6 Å². The number of aryl methyl sites for hydroxylation is 1. The number of aldehydes is 2. The topological polar surface area (TPSA) is 58.2 Å². The summed E-state index contributed by atoms with van der Waals surface area (Å²) in [5.41, 5.74) is 3.58. The smallest absolute Gasteiger partial charge is 0.136 e. The number of carbonyl (C=O) groups excluding carboxylic acids is 2. The average Bonchev–Trinajstić information content (AvgIpc) is 2.67. The molecule has 0 spiro atoms. The minimum atomic E-state index is -0.279. The summed E-state index contributed by atoms with van der Waals surface area (Å²) in [5, 5.41) is 6.42. The van der Waals surface area contributed by atoms with Crippen molar-refractivity contribution in [2.24, 2.45) is 0 Å². The Labute approximate surface area is 158 Å². The van der Waals surface area contributed by atoms with E-state index in [-0.39, 0.29) is 6.04 Å². The van der Waals surface area contributed by atoms with Gasteiger partial charge >= 0.3 is 0 Å². The van der Waals surface area contributed by atoms with Crippen molar-refractivity contribution in [3.63, 3.8) is 0 Å². The summed E-state index contributed by atoms with van der Waals surface area (Å²) < 4.78 is 0. The standard InChI is InChI=1S/C22H34N2O2/c1-3-20-13-12-19(10-7-5-4-6-8-14-23-2)16-21(20)17-24-22(18-26)11-9-15-25/h3,12-13,15-16,18,22-24H,1,4-11,14,17H2,2H3. The van der Waals surface area contributed by atoms with E-state index in [0.717, 1.165) is 36.7 Å². The summed E-state index contributed by atoms with van der Waals surface area (Å²) in [4.78, 5) is 21.6. The Morgan fingerprint density at radius 2 is 1.88 bits per heavy atom. The zero-order chi connectivity index (χ0) is 19.0. The molecular formula is C22H34N2O2. The SMILES string of the molecule is C=Cc1ccc(CCCCCCCNC)cc1CNC(C=O)CCC=O. The number of carbonyl (C=O) groups is 2. The number of hydrogen-bond donors (Lipinski definition) is 2. The molecule has 0 saturated carbocycles. The van der Waals surface area contributed by atoms with Gasteiger partial charge in [-0.25, -0.2) is 0 Å². The van der Waals surface area contributed by atoms with Gasteiger partial charge in [-0.3, -0.25) is 0 Å². The molecule has 0 bridgehead atoms. The maximum absolute atomic E-state index is 11.1. The van der Waals surface area contributed by atoms with Crippen LogP contribution in [-0.4, -0.2) is 32.2 Å². The maximum Gasteiger partial charge on any atom is 0.136 e. The Bertz CT molecular complexity index is 543.